The number of aromatic nitrogens is 4. The molecule has 0 spiro atoms. The highest BCUT2D eigenvalue weighted by molar-refractivity contribution is 6.09. The van der Waals surface area contributed by atoms with E-state index >= 15 is 0 Å². The van der Waals surface area contributed by atoms with Crippen LogP contribution in [0.2, 0.25) is 0 Å². The van der Waals surface area contributed by atoms with E-state index in [2.05, 4.69) is 278 Å². The quantitative estimate of drug-likeness (QED) is 0.0904. The molecule has 356 valence electrons. The Hall–Kier alpha value is -7.50. The lowest BCUT2D eigenvalue weighted by Crippen LogP contribution is -2.39. The molecular weight excluding hydrogens is 865 g/mol. The van der Waals surface area contributed by atoms with E-state index in [4.69, 9.17) is 9.72 Å². The molecule has 0 aliphatic rings. The standard InChI is InChI=1S/C66H66N4O/c1-44(2)55-29-21-30-56(45(3)4)63(55)46-36-52(68-42-61(64(5,6)7)69(43-68)51-27-20-26-49(38-51)65(8,9)47-22-14-12-15-23-47)40-54(37-46)71-53-32-33-58-57-28-18-19-31-59(57)70(60(58)41-53)62-39-50(34-35-67-62)66(10,11)48-24-16-13-17-25-48/h12-42,44-45H,1-11H3. The smallest absolute Gasteiger partial charge is 0.269 e. The van der Waals surface area contributed by atoms with Gasteiger partial charge in [-0.3, -0.25) is 13.7 Å². The summed E-state index contributed by atoms with van der Waals surface area (Å²) in [5, 5.41) is 2.31. The summed E-state index contributed by atoms with van der Waals surface area (Å²) in [6.45, 7) is 25.2. The van der Waals surface area contributed by atoms with Gasteiger partial charge in [0.25, 0.3) is 6.33 Å². The number of fused-ring (bicyclic) bond motifs is 3. The summed E-state index contributed by atoms with van der Waals surface area (Å²) in [6.07, 6.45) is 8.04. The van der Waals surface area contributed by atoms with Crippen molar-refractivity contribution in [3.05, 3.63) is 234 Å². The van der Waals surface area contributed by atoms with E-state index < -0.39 is 0 Å². The fraction of sp³-hybridized carbons (Fsp3) is 0.242. The number of nitrogens with zero attached hydrogens (tertiary/aromatic N) is 4. The van der Waals surface area contributed by atoms with Crippen molar-refractivity contribution < 1.29 is 9.30 Å². The number of hydrogen-bond donors (Lipinski definition) is 0. The van der Waals surface area contributed by atoms with Crippen molar-refractivity contribution in [3.63, 3.8) is 0 Å². The number of ether oxygens (including phenoxy) is 1. The molecule has 0 saturated carbocycles. The van der Waals surface area contributed by atoms with E-state index in [1.807, 2.05) is 6.20 Å². The lowest BCUT2D eigenvalue weighted by molar-refractivity contribution is -0.611. The number of hydrogen-bond acceptors (Lipinski definition) is 2. The molecule has 10 rings (SSSR count). The lowest BCUT2D eigenvalue weighted by Gasteiger charge is -2.27. The predicted octanol–water partition coefficient (Wildman–Crippen LogP) is 16.7. The van der Waals surface area contributed by atoms with Gasteiger partial charge in [0.05, 0.1) is 28.1 Å². The molecule has 0 aliphatic heterocycles. The van der Waals surface area contributed by atoms with Gasteiger partial charge in [-0.15, -0.1) is 0 Å². The zero-order valence-electron chi connectivity index (χ0n) is 43.2. The Bertz CT molecular complexity index is 3520. The average molecular weight is 931 g/mol. The summed E-state index contributed by atoms with van der Waals surface area (Å²) in [7, 11) is 0. The molecule has 7 aromatic carbocycles. The second-order valence-corrected chi connectivity index (χ2v) is 22.0. The van der Waals surface area contributed by atoms with Gasteiger partial charge in [-0.1, -0.05) is 185 Å². The highest BCUT2D eigenvalue weighted by atomic mass is 16.5. The minimum absolute atomic E-state index is 0.196. The molecule has 10 aromatic rings. The Morgan fingerprint density at radius 2 is 1.11 bits per heavy atom. The van der Waals surface area contributed by atoms with Crippen LogP contribution in [0.4, 0.5) is 0 Å². The van der Waals surface area contributed by atoms with Crippen LogP contribution in [-0.4, -0.2) is 14.1 Å². The highest BCUT2D eigenvalue weighted by Gasteiger charge is 2.28. The molecule has 5 heteroatoms. The van der Waals surface area contributed by atoms with Crippen molar-refractivity contribution >= 4 is 21.8 Å². The van der Waals surface area contributed by atoms with Crippen molar-refractivity contribution in [2.24, 2.45) is 0 Å². The van der Waals surface area contributed by atoms with Crippen molar-refractivity contribution in [3.8, 4) is 39.8 Å². The normalized spacial score (nSPS) is 12.4. The first kappa shape index (κ1) is 47.2. The number of benzene rings is 7. The van der Waals surface area contributed by atoms with Crippen LogP contribution in [0.5, 0.6) is 11.5 Å². The molecule has 5 nitrogen and oxygen atoms in total. The SMILES string of the molecule is CC(C)c1cccc(C(C)C)c1-c1cc(Oc2ccc3c4ccccc4n(-c4cc(C(C)(C)c5ccccc5)ccn4)c3c2)cc(-n2[c-][n+](-c3cccc(C(C)(C)c4ccccc4)c3)c(C(C)(C)C)c2)c1. The van der Waals surface area contributed by atoms with Crippen LogP contribution >= 0.6 is 0 Å². The number of pyridine rings is 1. The lowest BCUT2D eigenvalue weighted by atomic mass is 9.78. The molecular formula is C66H66N4O. The number of rotatable bonds is 12. The van der Waals surface area contributed by atoms with Gasteiger partial charge in [-0.2, -0.15) is 0 Å². The van der Waals surface area contributed by atoms with Crippen molar-refractivity contribution in [1.82, 2.24) is 14.1 Å². The predicted molar refractivity (Wildman–Crippen MR) is 294 cm³/mol. The van der Waals surface area contributed by atoms with Crippen LogP contribution in [0.1, 0.15) is 127 Å². The second kappa shape index (κ2) is 18.4. The van der Waals surface area contributed by atoms with Gasteiger partial charge in [0.2, 0.25) is 0 Å². The van der Waals surface area contributed by atoms with E-state index in [1.165, 1.54) is 44.3 Å². The van der Waals surface area contributed by atoms with Gasteiger partial charge in [0.1, 0.15) is 17.3 Å². The molecule has 0 bridgehead atoms. The van der Waals surface area contributed by atoms with Gasteiger partial charge >= 0.3 is 0 Å². The first-order chi connectivity index (χ1) is 34.0. The fourth-order valence-corrected chi connectivity index (χ4v) is 10.4. The summed E-state index contributed by atoms with van der Waals surface area (Å²) >= 11 is 0. The van der Waals surface area contributed by atoms with Gasteiger partial charge < -0.3 is 4.74 Å². The third kappa shape index (κ3) is 8.88. The van der Waals surface area contributed by atoms with Crippen LogP contribution in [0.15, 0.2) is 188 Å². The van der Waals surface area contributed by atoms with Crippen LogP contribution in [0, 0.1) is 6.33 Å². The molecule has 71 heavy (non-hydrogen) atoms. The summed E-state index contributed by atoms with van der Waals surface area (Å²) < 4.78 is 13.8. The molecule has 0 N–H and O–H groups in total. The van der Waals surface area contributed by atoms with E-state index in [0.717, 1.165) is 56.4 Å². The number of imidazole rings is 1. The largest absolute Gasteiger partial charge is 0.458 e. The molecule has 0 fully saturated rings. The van der Waals surface area contributed by atoms with Crippen LogP contribution in [0.25, 0.3) is 50.1 Å². The van der Waals surface area contributed by atoms with Crippen molar-refractivity contribution in [2.75, 3.05) is 0 Å². The Morgan fingerprint density at radius 1 is 0.521 bits per heavy atom. The molecule has 0 amide bonds. The van der Waals surface area contributed by atoms with Gasteiger partial charge in [-0.05, 0) is 122 Å². The Balaban J connectivity index is 1.13. The topological polar surface area (TPSA) is 35.9 Å². The minimum Gasteiger partial charge on any atom is -0.458 e. The van der Waals surface area contributed by atoms with Crippen LogP contribution in [-0.2, 0) is 16.2 Å². The molecule has 0 aliphatic carbocycles. The second-order valence-electron chi connectivity index (χ2n) is 22.0. The summed E-state index contributed by atoms with van der Waals surface area (Å²) in [4.78, 5) is 5.03. The summed E-state index contributed by atoms with van der Waals surface area (Å²) in [5.41, 5.74) is 14.7. The molecule has 3 aromatic heterocycles. The highest BCUT2D eigenvalue weighted by Crippen LogP contribution is 2.42. The third-order valence-corrected chi connectivity index (χ3v) is 14.7. The van der Waals surface area contributed by atoms with Crippen LogP contribution in [0.3, 0.4) is 0 Å². The van der Waals surface area contributed by atoms with E-state index in [0.29, 0.717) is 11.8 Å². The van der Waals surface area contributed by atoms with Crippen molar-refractivity contribution in [1.29, 1.82) is 0 Å². The first-order valence-electron chi connectivity index (χ1n) is 25.2. The van der Waals surface area contributed by atoms with Gasteiger partial charge in [-0.25, -0.2) is 4.98 Å². The minimum atomic E-state index is -0.230. The van der Waals surface area contributed by atoms with Gasteiger partial charge in [0.15, 0.2) is 0 Å². The average Bonchev–Trinajstić information content (AvgIpc) is 3.98. The first-order valence-corrected chi connectivity index (χ1v) is 25.2. The zero-order chi connectivity index (χ0) is 49.8. The number of para-hydroxylation sites is 1. The molecule has 0 unspecified atom stereocenters. The molecule has 0 saturated heterocycles. The fourth-order valence-electron chi connectivity index (χ4n) is 10.4. The Labute approximate surface area is 421 Å². The Kier molecular flexibility index (Phi) is 12.2. The summed E-state index contributed by atoms with van der Waals surface area (Å²) in [5.74, 6) is 2.98. The molecule has 0 atom stereocenters. The van der Waals surface area contributed by atoms with Gasteiger partial charge in [0, 0.05) is 40.1 Å². The maximum atomic E-state index is 7.15. The third-order valence-electron chi connectivity index (χ3n) is 14.7. The van der Waals surface area contributed by atoms with Crippen LogP contribution < -0.4 is 9.30 Å². The van der Waals surface area contributed by atoms with Crippen molar-refractivity contribution in [2.45, 2.75) is 104 Å². The maximum Gasteiger partial charge on any atom is 0.269 e. The molecule has 3 heterocycles. The van der Waals surface area contributed by atoms with E-state index in [9.17, 15) is 0 Å². The summed E-state index contributed by atoms with van der Waals surface area (Å²) in [6, 6.07) is 63.4. The monoisotopic (exact) mass is 931 g/mol. The Morgan fingerprint density at radius 3 is 1.76 bits per heavy atom. The van der Waals surface area contributed by atoms with E-state index in [1.54, 1.807) is 0 Å². The zero-order valence-corrected chi connectivity index (χ0v) is 43.2. The maximum absolute atomic E-state index is 7.15. The molecule has 0 radical (unpaired) electrons. The van der Waals surface area contributed by atoms with E-state index in [-0.39, 0.29) is 16.2 Å².